The monoisotopic (exact) mass is 410 g/mol. The average Bonchev–Trinajstić information content (AvgIpc) is 3.26. The second kappa shape index (κ2) is 7.14. The maximum absolute atomic E-state index is 13.8. The number of nitrogens with one attached hydrogen (secondary N) is 2. The molecule has 4 amide bonds. The molecule has 11 heteroatoms. The van der Waals surface area contributed by atoms with Gasteiger partial charge in [0.15, 0.2) is 11.6 Å². The smallest absolute Gasteiger partial charge is 0.324 e. The SMILES string of the molecule is COc1cc(N2CCN(C(=O)[C@H]3CO[C@]4(C3)NC(=O)NC4=O)CC2)cc(F)c1F. The van der Waals surface area contributed by atoms with Gasteiger partial charge in [0.25, 0.3) is 5.91 Å². The molecule has 1 spiro atoms. The number of rotatable bonds is 3. The van der Waals surface area contributed by atoms with Gasteiger partial charge in [0.2, 0.25) is 17.4 Å². The fraction of sp³-hybridized carbons (Fsp3) is 0.500. The first-order valence-corrected chi connectivity index (χ1v) is 9.17. The molecule has 3 fully saturated rings. The highest BCUT2D eigenvalue weighted by Gasteiger charge is 2.54. The van der Waals surface area contributed by atoms with E-state index in [-0.39, 0.29) is 24.7 Å². The van der Waals surface area contributed by atoms with E-state index in [0.29, 0.717) is 31.9 Å². The summed E-state index contributed by atoms with van der Waals surface area (Å²) in [5, 5.41) is 4.55. The molecule has 2 N–H and O–H groups in total. The molecule has 4 rings (SSSR count). The third-order valence-corrected chi connectivity index (χ3v) is 5.48. The molecule has 156 valence electrons. The quantitative estimate of drug-likeness (QED) is 0.691. The second-order valence-corrected chi connectivity index (χ2v) is 7.20. The third kappa shape index (κ3) is 3.35. The van der Waals surface area contributed by atoms with Crippen LogP contribution in [-0.4, -0.2) is 68.4 Å². The van der Waals surface area contributed by atoms with E-state index in [1.54, 1.807) is 4.90 Å². The van der Waals surface area contributed by atoms with Gasteiger partial charge in [0.05, 0.1) is 19.6 Å². The summed E-state index contributed by atoms with van der Waals surface area (Å²) in [5.41, 5.74) is -0.997. The molecule has 0 radical (unpaired) electrons. The molecule has 9 nitrogen and oxygen atoms in total. The molecule has 1 aromatic rings. The number of halogens is 2. The van der Waals surface area contributed by atoms with Gasteiger partial charge in [-0.25, -0.2) is 9.18 Å². The first-order valence-electron chi connectivity index (χ1n) is 9.17. The lowest BCUT2D eigenvalue weighted by Gasteiger charge is -2.37. The molecule has 3 aliphatic heterocycles. The minimum atomic E-state index is -1.47. The maximum atomic E-state index is 13.8. The zero-order valence-electron chi connectivity index (χ0n) is 15.7. The Hall–Kier alpha value is -2.95. The lowest BCUT2D eigenvalue weighted by atomic mass is 9.99. The van der Waals surface area contributed by atoms with Crippen molar-refractivity contribution in [1.29, 1.82) is 0 Å². The first-order chi connectivity index (χ1) is 13.8. The number of imide groups is 1. The van der Waals surface area contributed by atoms with Crippen molar-refractivity contribution in [2.45, 2.75) is 12.1 Å². The number of nitrogens with zero attached hydrogens (tertiary/aromatic N) is 2. The second-order valence-electron chi connectivity index (χ2n) is 7.20. The molecule has 0 aromatic heterocycles. The molecule has 0 aliphatic carbocycles. The van der Waals surface area contributed by atoms with Gasteiger partial charge in [0, 0.05) is 50.4 Å². The van der Waals surface area contributed by atoms with Crippen LogP contribution in [0, 0.1) is 17.6 Å². The standard InChI is InChI=1S/C18H20F2N4O5/c1-28-13-7-11(6-12(19)14(13)20)23-2-4-24(5-3-23)15(25)10-8-18(29-9-10)16(26)21-17(27)22-18/h6-7,10H,2-5,8-9H2,1H3,(H2,21,22,26,27)/t10-,18+/m1/s1. The molecule has 3 heterocycles. The van der Waals surface area contributed by atoms with Crippen LogP contribution in [-0.2, 0) is 14.3 Å². The number of ether oxygens (including phenoxy) is 2. The van der Waals surface area contributed by atoms with Gasteiger partial charge in [-0.2, -0.15) is 4.39 Å². The molecule has 2 atom stereocenters. The molecule has 29 heavy (non-hydrogen) atoms. The van der Waals surface area contributed by atoms with Gasteiger partial charge in [0.1, 0.15) is 0 Å². The minimum Gasteiger partial charge on any atom is -0.493 e. The van der Waals surface area contributed by atoms with Crippen molar-refractivity contribution in [1.82, 2.24) is 15.5 Å². The summed E-state index contributed by atoms with van der Waals surface area (Å²) in [5.74, 6) is -3.52. The summed E-state index contributed by atoms with van der Waals surface area (Å²) in [4.78, 5) is 39.6. The van der Waals surface area contributed by atoms with Gasteiger partial charge in [-0.15, -0.1) is 0 Å². The van der Waals surface area contributed by atoms with E-state index in [9.17, 15) is 23.2 Å². The highest BCUT2D eigenvalue weighted by atomic mass is 19.2. The Labute approximate surface area is 164 Å². The van der Waals surface area contributed by atoms with Crippen molar-refractivity contribution < 1.29 is 32.6 Å². The maximum Gasteiger partial charge on any atom is 0.324 e. The number of carbonyl (C=O) groups excluding carboxylic acids is 3. The average molecular weight is 410 g/mol. The Morgan fingerprint density at radius 2 is 1.97 bits per heavy atom. The van der Waals surface area contributed by atoms with E-state index < -0.39 is 35.2 Å². The molecule has 1 aromatic carbocycles. The number of hydrogen-bond acceptors (Lipinski definition) is 6. The lowest BCUT2D eigenvalue weighted by molar-refractivity contribution is -0.138. The van der Waals surface area contributed by atoms with Crippen LogP contribution in [0.1, 0.15) is 6.42 Å². The summed E-state index contributed by atoms with van der Waals surface area (Å²) < 4.78 is 37.7. The molecule has 3 saturated heterocycles. The number of piperazine rings is 1. The van der Waals surface area contributed by atoms with Crippen LogP contribution in [0.5, 0.6) is 5.75 Å². The summed E-state index contributed by atoms with van der Waals surface area (Å²) in [6.07, 6.45) is 0.0734. The predicted molar refractivity (Wildman–Crippen MR) is 95.2 cm³/mol. The van der Waals surface area contributed by atoms with Crippen molar-refractivity contribution in [2.24, 2.45) is 5.92 Å². The van der Waals surface area contributed by atoms with Crippen molar-refractivity contribution in [2.75, 3.05) is 44.8 Å². The Morgan fingerprint density at radius 3 is 2.59 bits per heavy atom. The highest BCUT2D eigenvalue weighted by Crippen LogP contribution is 2.32. The first kappa shape index (κ1) is 19.4. The number of urea groups is 1. The summed E-state index contributed by atoms with van der Waals surface area (Å²) in [6.45, 7) is 1.64. The van der Waals surface area contributed by atoms with Gasteiger partial charge < -0.3 is 24.6 Å². The van der Waals surface area contributed by atoms with E-state index in [1.165, 1.54) is 13.2 Å². The highest BCUT2D eigenvalue weighted by molar-refractivity contribution is 6.06. The Morgan fingerprint density at radius 1 is 1.24 bits per heavy atom. The fourth-order valence-corrected chi connectivity index (χ4v) is 3.91. The third-order valence-electron chi connectivity index (χ3n) is 5.48. The summed E-state index contributed by atoms with van der Waals surface area (Å²) >= 11 is 0. The zero-order chi connectivity index (χ0) is 20.8. The largest absolute Gasteiger partial charge is 0.493 e. The van der Waals surface area contributed by atoms with Gasteiger partial charge in [-0.1, -0.05) is 0 Å². The van der Waals surface area contributed by atoms with Crippen LogP contribution in [0.25, 0.3) is 0 Å². The summed E-state index contributed by atoms with van der Waals surface area (Å²) in [7, 11) is 1.27. The fourth-order valence-electron chi connectivity index (χ4n) is 3.91. The number of anilines is 1. The van der Waals surface area contributed by atoms with Crippen molar-refractivity contribution in [3.63, 3.8) is 0 Å². The van der Waals surface area contributed by atoms with E-state index in [1.807, 2.05) is 4.90 Å². The Bertz CT molecular complexity index is 874. The number of benzene rings is 1. The number of methoxy groups -OCH3 is 1. The van der Waals surface area contributed by atoms with Crippen molar-refractivity contribution in [3.8, 4) is 5.75 Å². The lowest BCUT2D eigenvalue weighted by Crippen LogP contribution is -2.51. The van der Waals surface area contributed by atoms with E-state index >= 15 is 0 Å². The Balaban J connectivity index is 1.38. The summed E-state index contributed by atoms with van der Waals surface area (Å²) in [6, 6.07) is 1.88. The normalized spacial score (nSPS) is 26.7. The van der Waals surface area contributed by atoms with Crippen LogP contribution < -0.4 is 20.3 Å². The molecular weight excluding hydrogens is 390 g/mol. The van der Waals surface area contributed by atoms with Crippen LogP contribution in [0.4, 0.5) is 19.3 Å². The molecule has 3 aliphatic rings. The van der Waals surface area contributed by atoms with Crippen LogP contribution in [0.15, 0.2) is 12.1 Å². The number of hydrogen-bond donors (Lipinski definition) is 2. The van der Waals surface area contributed by atoms with E-state index in [4.69, 9.17) is 9.47 Å². The Kier molecular flexibility index (Phi) is 4.77. The molecule has 0 saturated carbocycles. The van der Waals surface area contributed by atoms with E-state index in [0.717, 1.165) is 6.07 Å². The topological polar surface area (TPSA) is 100 Å². The number of carbonyl (C=O) groups is 3. The predicted octanol–water partition coefficient (Wildman–Crippen LogP) is 0.194. The van der Waals surface area contributed by atoms with Crippen LogP contribution in [0.2, 0.25) is 0 Å². The van der Waals surface area contributed by atoms with E-state index in [2.05, 4.69) is 10.6 Å². The van der Waals surface area contributed by atoms with Crippen LogP contribution >= 0.6 is 0 Å². The van der Waals surface area contributed by atoms with Crippen molar-refractivity contribution >= 4 is 23.5 Å². The molecule has 0 unspecified atom stereocenters. The van der Waals surface area contributed by atoms with Gasteiger partial charge in [-0.3, -0.25) is 14.9 Å². The molecular formula is C18H20F2N4O5. The van der Waals surface area contributed by atoms with Gasteiger partial charge in [-0.05, 0) is 0 Å². The minimum absolute atomic E-state index is 0.0348. The van der Waals surface area contributed by atoms with Crippen LogP contribution in [0.3, 0.4) is 0 Å². The van der Waals surface area contributed by atoms with Crippen molar-refractivity contribution in [3.05, 3.63) is 23.8 Å². The molecule has 0 bridgehead atoms. The zero-order valence-corrected chi connectivity index (χ0v) is 15.7. The van der Waals surface area contributed by atoms with Gasteiger partial charge >= 0.3 is 6.03 Å². The number of amides is 4.